The molecule has 1 aliphatic heterocycles. The molecule has 0 atom stereocenters. The Balaban J connectivity index is 1.54. The van der Waals surface area contributed by atoms with Crippen molar-refractivity contribution in [2.45, 2.75) is 6.42 Å². The fraction of sp³-hybridized carbons (Fsp3) is 0.353. The fourth-order valence-electron chi connectivity index (χ4n) is 2.76. The summed E-state index contributed by atoms with van der Waals surface area (Å²) in [5.74, 6) is 0. The summed E-state index contributed by atoms with van der Waals surface area (Å²) in [6, 6.07) is 8.91. The van der Waals surface area contributed by atoms with Crippen molar-refractivity contribution in [3.8, 4) is 0 Å². The van der Waals surface area contributed by atoms with Crippen LogP contribution in [0.15, 0.2) is 36.5 Å². The highest BCUT2D eigenvalue weighted by atomic mass is 16.2. The van der Waals surface area contributed by atoms with Gasteiger partial charge in [0.05, 0.1) is 0 Å². The number of amides is 4. The molecule has 2 aromatic rings. The largest absolute Gasteiger partial charge is 0.337 e. The first-order valence-electron chi connectivity index (χ1n) is 8.19. The van der Waals surface area contributed by atoms with Crippen LogP contribution < -0.4 is 15.5 Å². The van der Waals surface area contributed by atoms with Crippen molar-refractivity contribution in [2.75, 3.05) is 36.9 Å². The molecule has 4 amide bonds. The van der Waals surface area contributed by atoms with Gasteiger partial charge in [0.1, 0.15) is 0 Å². The summed E-state index contributed by atoms with van der Waals surface area (Å²) in [7, 11) is 3.65. The van der Waals surface area contributed by atoms with Gasteiger partial charge in [0, 0.05) is 63.4 Å². The van der Waals surface area contributed by atoms with Crippen LogP contribution in [0.2, 0.25) is 0 Å². The van der Waals surface area contributed by atoms with E-state index in [2.05, 4.69) is 15.7 Å². The zero-order valence-electron chi connectivity index (χ0n) is 14.4. The average Bonchev–Trinajstić information content (AvgIpc) is 3.14. The van der Waals surface area contributed by atoms with Gasteiger partial charge in [0.2, 0.25) is 0 Å². The number of hydrogen-bond donors (Lipinski definition) is 2. The van der Waals surface area contributed by atoms with E-state index in [4.69, 9.17) is 0 Å². The Morgan fingerprint density at radius 1 is 1.24 bits per heavy atom. The number of aryl methyl sites for hydroxylation is 1. The van der Waals surface area contributed by atoms with Gasteiger partial charge in [-0.25, -0.2) is 9.59 Å². The first-order chi connectivity index (χ1) is 12.0. The number of benzene rings is 1. The van der Waals surface area contributed by atoms with Gasteiger partial charge in [0.25, 0.3) is 0 Å². The molecule has 8 heteroatoms. The minimum Gasteiger partial charge on any atom is -0.337 e. The zero-order chi connectivity index (χ0) is 17.8. The molecule has 0 unspecified atom stereocenters. The number of carbonyl (C=O) groups is 2. The molecule has 1 saturated heterocycles. The maximum Gasteiger partial charge on any atom is 0.324 e. The van der Waals surface area contributed by atoms with Crippen LogP contribution in [-0.2, 0) is 13.5 Å². The summed E-state index contributed by atoms with van der Waals surface area (Å²) >= 11 is 0. The molecule has 2 N–H and O–H groups in total. The second-order valence-electron chi connectivity index (χ2n) is 5.98. The van der Waals surface area contributed by atoms with Crippen molar-refractivity contribution >= 4 is 23.4 Å². The Hall–Kier alpha value is -3.03. The highest BCUT2D eigenvalue weighted by molar-refractivity contribution is 5.95. The molecule has 0 spiro atoms. The highest BCUT2D eigenvalue weighted by Gasteiger charge is 2.26. The average molecular weight is 342 g/mol. The number of nitrogens with zero attached hydrogens (tertiary/aromatic N) is 4. The lowest BCUT2D eigenvalue weighted by Gasteiger charge is -2.17. The lowest BCUT2D eigenvalue weighted by Crippen LogP contribution is -2.31. The van der Waals surface area contributed by atoms with Crippen molar-refractivity contribution < 1.29 is 9.59 Å². The summed E-state index contributed by atoms with van der Waals surface area (Å²) in [5.41, 5.74) is 2.49. The van der Waals surface area contributed by atoms with E-state index in [1.807, 2.05) is 25.2 Å². The first kappa shape index (κ1) is 16.8. The van der Waals surface area contributed by atoms with E-state index in [1.165, 1.54) is 0 Å². The van der Waals surface area contributed by atoms with E-state index < -0.39 is 0 Å². The Morgan fingerprint density at radius 3 is 2.76 bits per heavy atom. The predicted octanol–water partition coefficient (Wildman–Crippen LogP) is 1.66. The summed E-state index contributed by atoms with van der Waals surface area (Å²) in [4.78, 5) is 27.5. The molecule has 0 aliphatic carbocycles. The maximum absolute atomic E-state index is 12.1. The lowest BCUT2D eigenvalue weighted by molar-refractivity contribution is 0.229. The molecule has 2 heterocycles. The van der Waals surface area contributed by atoms with Gasteiger partial charge in [-0.1, -0.05) is 6.07 Å². The maximum atomic E-state index is 12.1. The summed E-state index contributed by atoms with van der Waals surface area (Å²) in [6.07, 6.45) is 2.44. The van der Waals surface area contributed by atoms with Gasteiger partial charge in [-0.15, -0.1) is 0 Å². The minimum absolute atomic E-state index is 0.0298. The Labute approximate surface area is 146 Å². The van der Waals surface area contributed by atoms with Crippen LogP contribution in [0.5, 0.6) is 0 Å². The molecule has 25 heavy (non-hydrogen) atoms. The SMILES string of the molecule is CN1CCN(c2cccc(NC(=O)NCCc3ccnn3C)c2)C1=O. The van der Waals surface area contributed by atoms with Crippen molar-refractivity contribution in [3.63, 3.8) is 0 Å². The number of nitrogens with one attached hydrogen (secondary N) is 2. The fourth-order valence-corrected chi connectivity index (χ4v) is 2.76. The number of aromatic nitrogens is 2. The predicted molar refractivity (Wildman–Crippen MR) is 95.7 cm³/mol. The monoisotopic (exact) mass is 342 g/mol. The Bertz CT molecular complexity index is 772. The topological polar surface area (TPSA) is 82.5 Å². The van der Waals surface area contributed by atoms with Crippen LogP contribution in [0.1, 0.15) is 5.69 Å². The number of likely N-dealkylation sites (N-methyl/N-ethyl adjacent to an activating group) is 1. The lowest BCUT2D eigenvalue weighted by atomic mass is 10.2. The normalized spacial score (nSPS) is 14.1. The van der Waals surface area contributed by atoms with Crippen LogP contribution in [-0.4, -0.2) is 53.4 Å². The Morgan fingerprint density at radius 2 is 2.08 bits per heavy atom. The summed E-state index contributed by atoms with van der Waals surface area (Å²) in [6.45, 7) is 1.86. The molecular formula is C17H22N6O2. The van der Waals surface area contributed by atoms with Crippen molar-refractivity contribution in [1.29, 1.82) is 0 Å². The molecule has 3 rings (SSSR count). The number of hydrogen-bond acceptors (Lipinski definition) is 3. The van der Waals surface area contributed by atoms with Crippen molar-refractivity contribution in [3.05, 3.63) is 42.2 Å². The first-order valence-corrected chi connectivity index (χ1v) is 8.19. The molecule has 0 radical (unpaired) electrons. The number of anilines is 2. The zero-order valence-corrected chi connectivity index (χ0v) is 14.4. The number of rotatable bonds is 5. The molecule has 8 nitrogen and oxygen atoms in total. The van der Waals surface area contributed by atoms with E-state index in [0.717, 1.165) is 11.4 Å². The molecule has 1 fully saturated rings. The number of carbonyl (C=O) groups excluding carboxylic acids is 2. The molecule has 132 valence electrons. The van der Waals surface area contributed by atoms with Crippen LogP contribution in [0, 0.1) is 0 Å². The van der Waals surface area contributed by atoms with E-state index in [-0.39, 0.29) is 12.1 Å². The summed E-state index contributed by atoms with van der Waals surface area (Å²) in [5, 5.41) is 9.72. The quantitative estimate of drug-likeness (QED) is 0.867. The van der Waals surface area contributed by atoms with Gasteiger partial charge in [0.15, 0.2) is 0 Å². The van der Waals surface area contributed by atoms with Gasteiger partial charge in [-0.3, -0.25) is 9.58 Å². The number of urea groups is 2. The third-order valence-electron chi connectivity index (χ3n) is 4.22. The van der Waals surface area contributed by atoms with Gasteiger partial charge < -0.3 is 15.5 Å². The molecule has 0 bridgehead atoms. The third kappa shape index (κ3) is 3.90. The minimum atomic E-state index is -0.274. The van der Waals surface area contributed by atoms with Crippen LogP contribution >= 0.6 is 0 Å². The van der Waals surface area contributed by atoms with Crippen LogP contribution in [0.4, 0.5) is 21.0 Å². The molecule has 1 aromatic carbocycles. The standard InChI is InChI=1S/C17H22N6O2/c1-21-10-11-23(17(21)25)15-5-3-4-13(12-15)20-16(24)18-8-6-14-7-9-19-22(14)2/h3-5,7,9,12H,6,8,10-11H2,1-2H3,(H2,18,20,24). The van der Waals surface area contributed by atoms with E-state index in [0.29, 0.717) is 31.7 Å². The van der Waals surface area contributed by atoms with Gasteiger partial charge >= 0.3 is 12.1 Å². The second-order valence-corrected chi connectivity index (χ2v) is 5.98. The van der Waals surface area contributed by atoms with Crippen molar-refractivity contribution in [1.82, 2.24) is 20.0 Å². The van der Waals surface area contributed by atoms with Gasteiger partial charge in [-0.2, -0.15) is 5.10 Å². The van der Waals surface area contributed by atoms with E-state index >= 15 is 0 Å². The molecule has 1 aliphatic rings. The molecular weight excluding hydrogens is 320 g/mol. The van der Waals surface area contributed by atoms with E-state index in [9.17, 15) is 9.59 Å². The molecule has 0 saturated carbocycles. The van der Waals surface area contributed by atoms with Crippen molar-refractivity contribution in [2.24, 2.45) is 7.05 Å². The van der Waals surface area contributed by atoms with Crippen LogP contribution in [0.25, 0.3) is 0 Å². The van der Waals surface area contributed by atoms with Gasteiger partial charge in [-0.05, 0) is 24.3 Å². The third-order valence-corrected chi connectivity index (χ3v) is 4.22. The smallest absolute Gasteiger partial charge is 0.324 e. The van der Waals surface area contributed by atoms with E-state index in [1.54, 1.807) is 39.9 Å². The second kappa shape index (κ2) is 7.25. The summed E-state index contributed by atoms with van der Waals surface area (Å²) < 4.78 is 1.78. The highest BCUT2D eigenvalue weighted by Crippen LogP contribution is 2.22. The van der Waals surface area contributed by atoms with Crippen LogP contribution in [0.3, 0.4) is 0 Å². The molecule has 1 aromatic heterocycles. The Kier molecular flexibility index (Phi) is 4.87.